The summed E-state index contributed by atoms with van der Waals surface area (Å²) in [4.78, 5) is 0. The summed E-state index contributed by atoms with van der Waals surface area (Å²) >= 11 is 5.93. The largest absolute Gasteiger partial charge is 0.506 e. The van der Waals surface area contributed by atoms with E-state index in [0.29, 0.717) is 5.02 Å². The van der Waals surface area contributed by atoms with Crippen molar-refractivity contribution < 1.29 is 5.11 Å². The number of phenolic OH excluding ortho intramolecular Hbond substituents is 1. The van der Waals surface area contributed by atoms with E-state index in [4.69, 9.17) is 16.9 Å². The van der Waals surface area contributed by atoms with Gasteiger partial charge in [0, 0.05) is 5.56 Å². The van der Waals surface area contributed by atoms with Crippen LogP contribution in [0.3, 0.4) is 0 Å². The monoisotopic (exact) mass is 221 g/mol. The van der Waals surface area contributed by atoms with E-state index < -0.39 is 0 Å². The summed E-state index contributed by atoms with van der Waals surface area (Å²) in [6.07, 6.45) is 4.51. The van der Waals surface area contributed by atoms with Crippen LogP contribution < -0.4 is 0 Å². The number of fused-ring (bicyclic) bond motifs is 1. The first-order chi connectivity index (χ1) is 7.24. The number of aromatic hydroxyl groups is 1. The Hall–Kier alpha value is -1.20. The lowest BCUT2D eigenvalue weighted by molar-refractivity contribution is 0.467. The lowest BCUT2D eigenvalue weighted by Crippen LogP contribution is -2.06. The molecule has 0 spiro atoms. The van der Waals surface area contributed by atoms with Crippen molar-refractivity contribution in [2.24, 2.45) is 0 Å². The number of nitriles is 1. The van der Waals surface area contributed by atoms with Gasteiger partial charge in [0.1, 0.15) is 5.75 Å². The van der Waals surface area contributed by atoms with Gasteiger partial charge in [-0.25, -0.2) is 0 Å². The number of rotatable bonds is 1. The zero-order valence-corrected chi connectivity index (χ0v) is 9.14. The van der Waals surface area contributed by atoms with Gasteiger partial charge in [0.05, 0.1) is 17.5 Å². The Bertz CT molecular complexity index is 434. The van der Waals surface area contributed by atoms with Gasteiger partial charge >= 0.3 is 0 Å². The number of nitrogens with zero attached hydrogens (tertiary/aromatic N) is 1. The highest BCUT2D eigenvalue weighted by atomic mass is 35.5. The molecule has 0 heterocycles. The second-order valence-corrected chi connectivity index (χ2v) is 4.27. The van der Waals surface area contributed by atoms with E-state index >= 15 is 0 Å². The molecular formula is C12H12ClNO. The van der Waals surface area contributed by atoms with E-state index in [1.807, 2.05) is 6.07 Å². The van der Waals surface area contributed by atoms with Crippen LogP contribution in [0.15, 0.2) is 6.07 Å². The van der Waals surface area contributed by atoms with Crippen molar-refractivity contribution in [2.45, 2.75) is 32.1 Å². The standard InChI is InChI=1S/C12H12ClNO/c13-11-7-8-3-1-2-4-9(8)10(5-6-14)12(11)15/h7,15H,1-5H2. The maximum absolute atomic E-state index is 9.80. The molecule has 0 saturated heterocycles. The average Bonchev–Trinajstić information content (AvgIpc) is 2.25. The minimum Gasteiger partial charge on any atom is -0.506 e. The number of aryl methyl sites for hydroxylation is 1. The van der Waals surface area contributed by atoms with Crippen LogP contribution in [0.1, 0.15) is 29.5 Å². The normalized spacial score (nSPS) is 14.4. The molecule has 0 radical (unpaired) electrons. The SMILES string of the molecule is N#CCc1c(O)c(Cl)cc2c1CCCC2. The molecule has 78 valence electrons. The lowest BCUT2D eigenvalue weighted by atomic mass is 9.87. The van der Waals surface area contributed by atoms with E-state index in [1.165, 1.54) is 12.0 Å². The molecule has 0 fully saturated rings. The highest BCUT2D eigenvalue weighted by Crippen LogP contribution is 2.36. The van der Waals surface area contributed by atoms with Crippen molar-refractivity contribution in [1.82, 2.24) is 0 Å². The molecule has 0 aliphatic heterocycles. The third kappa shape index (κ3) is 1.80. The molecule has 1 aliphatic carbocycles. The molecule has 0 atom stereocenters. The van der Waals surface area contributed by atoms with E-state index in [9.17, 15) is 5.11 Å². The fourth-order valence-corrected chi connectivity index (χ4v) is 2.46. The summed E-state index contributed by atoms with van der Waals surface area (Å²) < 4.78 is 0. The number of hydrogen-bond donors (Lipinski definition) is 1. The fourth-order valence-electron chi connectivity index (χ4n) is 2.21. The minimum atomic E-state index is 0.0962. The number of hydrogen-bond acceptors (Lipinski definition) is 2. The van der Waals surface area contributed by atoms with Gasteiger partial charge in [0.2, 0.25) is 0 Å². The molecule has 0 saturated carbocycles. The van der Waals surface area contributed by atoms with Crippen LogP contribution >= 0.6 is 11.6 Å². The Morgan fingerprint density at radius 2 is 2.13 bits per heavy atom. The van der Waals surface area contributed by atoms with Crippen molar-refractivity contribution in [1.29, 1.82) is 5.26 Å². The van der Waals surface area contributed by atoms with Gasteiger partial charge in [-0.15, -0.1) is 0 Å². The zero-order valence-electron chi connectivity index (χ0n) is 8.39. The van der Waals surface area contributed by atoms with Crippen molar-refractivity contribution in [3.8, 4) is 11.8 Å². The first kappa shape index (κ1) is 10.3. The van der Waals surface area contributed by atoms with Crippen molar-refractivity contribution in [3.63, 3.8) is 0 Å². The molecule has 0 aromatic heterocycles. The molecule has 3 heteroatoms. The van der Waals surface area contributed by atoms with E-state index in [0.717, 1.165) is 30.4 Å². The predicted octanol–water partition coefficient (Wildman–Crippen LogP) is 2.99. The molecule has 15 heavy (non-hydrogen) atoms. The van der Waals surface area contributed by atoms with Crippen molar-refractivity contribution in [3.05, 3.63) is 27.8 Å². The molecule has 0 bridgehead atoms. The zero-order chi connectivity index (χ0) is 10.8. The summed E-state index contributed by atoms with van der Waals surface area (Å²) in [5.41, 5.74) is 3.08. The first-order valence-corrected chi connectivity index (χ1v) is 5.51. The smallest absolute Gasteiger partial charge is 0.138 e. The van der Waals surface area contributed by atoms with Crippen LogP contribution in [-0.2, 0) is 19.3 Å². The summed E-state index contributed by atoms with van der Waals surface area (Å²) in [6.45, 7) is 0. The Morgan fingerprint density at radius 3 is 2.87 bits per heavy atom. The molecule has 2 rings (SSSR count). The fraction of sp³-hybridized carbons (Fsp3) is 0.417. The third-order valence-corrected chi connectivity index (χ3v) is 3.23. The maximum Gasteiger partial charge on any atom is 0.138 e. The predicted molar refractivity (Wildman–Crippen MR) is 59.1 cm³/mol. The number of phenols is 1. The van der Waals surface area contributed by atoms with Gasteiger partial charge in [-0.2, -0.15) is 5.26 Å². The molecule has 1 N–H and O–H groups in total. The van der Waals surface area contributed by atoms with Gasteiger partial charge in [0.15, 0.2) is 0 Å². The van der Waals surface area contributed by atoms with Crippen LogP contribution in [0, 0.1) is 11.3 Å². The quantitative estimate of drug-likeness (QED) is 0.792. The summed E-state index contributed by atoms with van der Waals surface area (Å²) in [6, 6.07) is 3.92. The van der Waals surface area contributed by atoms with Gasteiger partial charge in [0.25, 0.3) is 0 Å². The molecular weight excluding hydrogens is 210 g/mol. The molecule has 2 nitrogen and oxygen atoms in total. The van der Waals surface area contributed by atoms with Crippen LogP contribution in [0.2, 0.25) is 5.02 Å². The molecule has 0 amide bonds. The van der Waals surface area contributed by atoms with Crippen molar-refractivity contribution in [2.75, 3.05) is 0 Å². The average molecular weight is 222 g/mol. The lowest BCUT2D eigenvalue weighted by Gasteiger charge is -2.20. The summed E-state index contributed by atoms with van der Waals surface area (Å²) in [5.74, 6) is 0.0962. The van der Waals surface area contributed by atoms with Crippen LogP contribution in [-0.4, -0.2) is 5.11 Å². The van der Waals surface area contributed by atoms with E-state index in [2.05, 4.69) is 6.07 Å². The topological polar surface area (TPSA) is 44.0 Å². The second kappa shape index (κ2) is 4.12. The Labute approximate surface area is 94.1 Å². The van der Waals surface area contributed by atoms with E-state index in [-0.39, 0.29) is 12.2 Å². The third-order valence-electron chi connectivity index (χ3n) is 2.94. The number of benzene rings is 1. The van der Waals surface area contributed by atoms with Crippen LogP contribution in [0.5, 0.6) is 5.75 Å². The first-order valence-electron chi connectivity index (χ1n) is 5.13. The van der Waals surface area contributed by atoms with Gasteiger partial charge in [-0.05, 0) is 42.9 Å². The Kier molecular flexibility index (Phi) is 2.83. The van der Waals surface area contributed by atoms with Gasteiger partial charge in [-0.1, -0.05) is 11.6 Å². The summed E-state index contributed by atoms with van der Waals surface area (Å²) in [7, 11) is 0. The summed E-state index contributed by atoms with van der Waals surface area (Å²) in [5, 5.41) is 18.9. The Morgan fingerprint density at radius 1 is 1.40 bits per heavy atom. The molecule has 1 aromatic rings. The second-order valence-electron chi connectivity index (χ2n) is 3.87. The molecule has 1 aromatic carbocycles. The number of halogens is 1. The van der Waals surface area contributed by atoms with Gasteiger partial charge < -0.3 is 5.11 Å². The van der Waals surface area contributed by atoms with Crippen LogP contribution in [0.4, 0.5) is 0 Å². The molecule has 0 unspecified atom stereocenters. The van der Waals surface area contributed by atoms with E-state index in [1.54, 1.807) is 0 Å². The van der Waals surface area contributed by atoms with Crippen molar-refractivity contribution >= 4 is 11.6 Å². The molecule has 1 aliphatic rings. The Balaban J connectivity index is 2.58. The highest BCUT2D eigenvalue weighted by molar-refractivity contribution is 6.32. The van der Waals surface area contributed by atoms with Gasteiger partial charge in [-0.3, -0.25) is 0 Å². The highest BCUT2D eigenvalue weighted by Gasteiger charge is 2.18. The van der Waals surface area contributed by atoms with Crippen LogP contribution in [0.25, 0.3) is 0 Å². The minimum absolute atomic E-state index is 0.0962. The maximum atomic E-state index is 9.80.